The number of hydrogen-bond acceptors (Lipinski definition) is 3. The topological polar surface area (TPSA) is 84.2 Å². The standard InChI is InChI=1S/C18H27N3O2/c1-13(2)16(19)17(23)20-11-15(22)21-12-18(9-6-10-18)14-7-4-3-5-8-14/h3-5,7-8,13,16H,6,9-12,19H2,1-2H3,(H,20,23)(H,21,22)/t16-/m0/s1. The lowest BCUT2D eigenvalue weighted by molar-refractivity contribution is -0.127. The molecule has 1 aromatic rings. The number of carbonyl (C=O) groups excluding carboxylic acids is 2. The summed E-state index contributed by atoms with van der Waals surface area (Å²) in [4.78, 5) is 23.8. The number of carbonyl (C=O) groups is 2. The highest BCUT2D eigenvalue weighted by Gasteiger charge is 2.38. The number of hydrogen-bond donors (Lipinski definition) is 3. The zero-order valence-corrected chi connectivity index (χ0v) is 14.0. The average molecular weight is 317 g/mol. The second-order valence-corrected chi connectivity index (χ2v) is 6.76. The molecule has 5 nitrogen and oxygen atoms in total. The number of benzene rings is 1. The fourth-order valence-electron chi connectivity index (χ4n) is 2.88. The molecule has 0 spiro atoms. The van der Waals surface area contributed by atoms with Crippen LogP contribution in [0.1, 0.15) is 38.7 Å². The second kappa shape index (κ2) is 7.59. The van der Waals surface area contributed by atoms with Gasteiger partial charge in [-0.2, -0.15) is 0 Å². The number of nitrogens with one attached hydrogen (secondary N) is 2. The molecule has 1 atom stereocenters. The van der Waals surface area contributed by atoms with Crippen molar-refractivity contribution < 1.29 is 9.59 Å². The fourth-order valence-corrected chi connectivity index (χ4v) is 2.88. The lowest BCUT2D eigenvalue weighted by Gasteiger charge is -2.42. The van der Waals surface area contributed by atoms with Crippen LogP contribution in [-0.2, 0) is 15.0 Å². The highest BCUT2D eigenvalue weighted by atomic mass is 16.2. The third kappa shape index (κ3) is 4.32. The molecular weight excluding hydrogens is 290 g/mol. The van der Waals surface area contributed by atoms with Crippen molar-refractivity contribution in [3.05, 3.63) is 35.9 Å². The molecule has 0 radical (unpaired) electrons. The van der Waals surface area contributed by atoms with Crippen molar-refractivity contribution in [1.82, 2.24) is 10.6 Å². The Kier molecular flexibility index (Phi) is 5.77. The Morgan fingerprint density at radius 2 is 1.83 bits per heavy atom. The lowest BCUT2D eigenvalue weighted by Crippen LogP contribution is -2.50. The highest BCUT2D eigenvalue weighted by molar-refractivity contribution is 5.87. The molecule has 0 saturated heterocycles. The SMILES string of the molecule is CC(C)[C@H](N)C(=O)NCC(=O)NCC1(c2ccccc2)CCC1. The lowest BCUT2D eigenvalue weighted by atomic mass is 9.64. The van der Waals surface area contributed by atoms with E-state index >= 15 is 0 Å². The molecule has 0 bridgehead atoms. The first-order valence-corrected chi connectivity index (χ1v) is 8.30. The average Bonchev–Trinajstić information content (AvgIpc) is 2.51. The normalized spacial score (nSPS) is 17.2. The van der Waals surface area contributed by atoms with Crippen LogP contribution in [0.3, 0.4) is 0 Å². The van der Waals surface area contributed by atoms with Gasteiger partial charge in [-0.25, -0.2) is 0 Å². The summed E-state index contributed by atoms with van der Waals surface area (Å²) in [5, 5.41) is 5.55. The van der Waals surface area contributed by atoms with Gasteiger partial charge in [0.1, 0.15) is 0 Å². The Balaban J connectivity index is 1.81. The molecule has 1 aliphatic carbocycles. The van der Waals surface area contributed by atoms with E-state index in [4.69, 9.17) is 5.73 Å². The molecule has 1 aliphatic rings. The Labute approximate surface area is 138 Å². The van der Waals surface area contributed by atoms with Crippen LogP contribution in [0.2, 0.25) is 0 Å². The van der Waals surface area contributed by atoms with Crippen molar-refractivity contribution in [1.29, 1.82) is 0 Å². The molecule has 0 aromatic heterocycles. The summed E-state index contributed by atoms with van der Waals surface area (Å²) in [6.45, 7) is 4.35. The number of nitrogens with two attached hydrogens (primary N) is 1. The minimum absolute atomic E-state index is 0.0237. The first-order chi connectivity index (χ1) is 10.9. The summed E-state index contributed by atoms with van der Waals surface area (Å²) < 4.78 is 0. The van der Waals surface area contributed by atoms with Gasteiger partial charge in [0.2, 0.25) is 11.8 Å². The van der Waals surface area contributed by atoms with E-state index in [9.17, 15) is 9.59 Å². The molecule has 0 heterocycles. The van der Waals surface area contributed by atoms with E-state index < -0.39 is 6.04 Å². The van der Waals surface area contributed by atoms with E-state index in [2.05, 4.69) is 22.8 Å². The van der Waals surface area contributed by atoms with Gasteiger partial charge in [0.25, 0.3) is 0 Å². The fraction of sp³-hybridized carbons (Fsp3) is 0.556. The first-order valence-electron chi connectivity index (χ1n) is 8.30. The zero-order chi connectivity index (χ0) is 16.9. The molecular formula is C18H27N3O2. The second-order valence-electron chi connectivity index (χ2n) is 6.76. The third-order valence-corrected chi connectivity index (χ3v) is 4.76. The van der Waals surface area contributed by atoms with E-state index in [1.165, 1.54) is 12.0 Å². The van der Waals surface area contributed by atoms with E-state index in [-0.39, 0.29) is 29.7 Å². The summed E-state index contributed by atoms with van der Waals surface area (Å²) >= 11 is 0. The molecule has 126 valence electrons. The van der Waals surface area contributed by atoms with E-state index in [1.807, 2.05) is 32.0 Å². The molecule has 0 unspecified atom stereocenters. The summed E-state index contributed by atoms with van der Waals surface area (Å²) in [6.07, 6.45) is 3.36. The van der Waals surface area contributed by atoms with Gasteiger partial charge in [-0.15, -0.1) is 0 Å². The molecule has 2 amide bonds. The van der Waals surface area contributed by atoms with Gasteiger partial charge in [0.05, 0.1) is 12.6 Å². The number of rotatable bonds is 7. The molecule has 1 fully saturated rings. The van der Waals surface area contributed by atoms with Gasteiger partial charge in [0, 0.05) is 12.0 Å². The molecule has 0 aliphatic heterocycles. The van der Waals surface area contributed by atoms with Crippen molar-refractivity contribution in [2.75, 3.05) is 13.1 Å². The van der Waals surface area contributed by atoms with Gasteiger partial charge >= 0.3 is 0 Å². The van der Waals surface area contributed by atoms with Crippen molar-refractivity contribution >= 4 is 11.8 Å². The maximum atomic E-state index is 12.0. The van der Waals surface area contributed by atoms with Crippen molar-refractivity contribution in [2.24, 2.45) is 11.7 Å². The van der Waals surface area contributed by atoms with E-state index in [1.54, 1.807) is 0 Å². The van der Waals surface area contributed by atoms with Crippen LogP contribution >= 0.6 is 0 Å². The summed E-state index contributed by atoms with van der Waals surface area (Å²) in [5.74, 6) is -0.400. The van der Waals surface area contributed by atoms with Gasteiger partial charge in [-0.05, 0) is 24.3 Å². The Morgan fingerprint density at radius 3 is 2.35 bits per heavy atom. The highest BCUT2D eigenvalue weighted by Crippen LogP contribution is 2.43. The van der Waals surface area contributed by atoms with Crippen LogP contribution in [-0.4, -0.2) is 30.9 Å². The third-order valence-electron chi connectivity index (χ3n) is 4.76. The van der Waals surface area contributed by atoms with Gasteiger partial charge in [0.15, 0.2) is 0 Å². The van der Waals surface area contributed by atoms with Gasteiger partial charge < -0.3 is 16.4 Å². The molecule has 4 N–H and O–H groups in total. The molecule has 23 heavy (non-hydrogen) atoms. The monoisotopic (exact) mass is 317 g/mol. The van der Waals surface area contributed by atoms with Crippen LogP contribution in [0.4, 0.5) is 0 Å². The quantitative estimate of drug-likeness (QED) is 0.709. The van der Waals surface area contributed by atoms with E-state index in [0.29, 0.717) is 6.54 Å². The summed E-state index contributed by atoms with van der Waals surface area (Å²) in [7, 11) is 0. The van der Waals surface area contributed by atoms with Crippen molar-refractivity contribution in [3.8, 4) is 0 Å². The number of amides is 2. The predicted molar refractivity (Wildman–Crippen MR) is 90.8 cm³/mol. The van der Waals surface area contributed by atoms with Crippen molar-refractivity contribution in [2.45, 2.75) is 44.6 Å². The molecule has 5 heteroatoms. The van der Waals surface area contributed by atoms with Crippen LogP contribution in [0.15, 0.2) is 30.3 Å². The molecule has 1 aromatic carbocycles. The van der Waals surface area contributed by atoms with Crippen LogP contribution in [0, 0.1) is 5.92 Å². The Hall–Kier alpha value is -1.88. The van der Waals surface area contributed by atoms with Gasteiger partial charge in [-0.3, -0.25) is 9.59 Å². The maximum Gasteiger partial charge on any atom is 0.239 e. The van der Waals surface area contributed by atoms with Crippen LogP contribution < -0.4 is 16.4 Å². The van der Waals surface area contributed by atoms with Crippen LogP contribution in [0.5, 0.6) is 0 Å². The largest absolute Gasteiger partial charge is 0.354 e. The molecule has 2 rings (SSSR count). The Morgan fingerprint density at radius 1 is 1.17 bits per heavy atom. The maximum absolute atomic E-state index is 12.0. The molecule has 1 saturated carbocycles. The zero-order valence-electron chi connectivity index (χ0n) is 14.0. The first kappa shape index (κ1) is 17.5. The summed E-state index contributed by atoms with van der Waals surface area (Å²) in [5.41, 5.74) is 7.08. The predicted octanol–water partition coefficient (Wildman–Crippen LogP) is 1.32. The Bertz CT molecular complexity index is 538. The van der Waals surface area contributed by atoms with E-state index in [0.717, 1.165) is 12.8 Å². The minimum atomic E-state index is -0.579. The van der Waals surface area contributed by atoms with Gasteiger partial charge in [-0.1, -0.05) is 50.6 Å². The smallest absolute Gasteiger partial charge is 0.239 e. The van der Waals surface area contributed by atoms with Crippen molar-refractivity contribution in [3.63, 3.8) is 0 Å². The summed E-state index contributed by atoms with van der Waals surface area (Å²) in [6, 6.07) is 9.73. The van der Waals surface area contributed by atoms with Crippen LogP contribution in [0.25, 0.3) is 0 Å². The minimum Gasteiger partial charge on any atom is -0.354 e.